The van der Waals surface area contributed by atoms with Crippen LogP contribution in [-0.2, 0) is 4.74 Å². The number of aliphatic imine (C=N–C) groups is 1. The van der Waals surface area contributed by atoms with E-state index < -0.39 is 30.5 Å². The number of fused-ring (bicyclic) bond motifs is 1. The van der Waals surface area contributed by atoms with Crippen LogP contribution in [0.25, 0.3) is 0 Å². The number of nitrogens with zero attached hydrogens (tertiary/aromatic N) is 1. The summed E-state index contributed by atoms with van der Waals surface area (Å²) in [6.07, 6.45) is -1.59. The highest BCUT2D eigenvalue weighted by Crippen LogP contribution is 2.37. The smallest absolute Gasteiger partial charge is 0.159 e. The summed E-state index contributed by atoms with van der Waals surface area (Å²) in [5.41, 5.74) is 0.116. The predicted octanol–water partition coefficient (Wildman–Crippen LogP) is -0.159. The average Bonchev–Trinajstić information content (AvgIpc) is 3.19. The lowest BCUT2D eigenvalue weighted by molar-refractivity contribution is -0.178. The first-order valence-corrected chi connectivity index (χ1v) is 8.18. The molecule has 1 aliphatic carbocycles. The Balaban J connectivity index is 1.65. The molecule has 4 N–H and O–H groups in total. The Bertz CT molecular complexity index is 454. The second-order valence-electron chi connectivity index (χ2n) is 6.11. The molecule has 0 aromatic rings. The minimum atomic E-state index is -1.18. The number of hydrogen-bond donors (Lipinski definition) is 4. The molecule has 0 radical (unpaired) electrons. The van der Waals surface area contributed by atoms with Gasteiger partial charge >= 0.3 is 0 Å². The molecule has 3 aliphatic rings. The van der Waals surface area contributed by atoms with Gasteiger partial charge in [0.15, 0.2) is 5.17 Å². The molecule has 21 heavy (non-hydrogen) atoms. The van der Waals surface area contributed by atoms with Gasteiger partial charge in [0.25, 0.3) is 0 Å². The number of aliphatic hydroxyl groups excluding tert-OH is 3. The Labute approximate surface area is 128 Å². The van der Waals surface area contributed by atoms with Gasteiger partial charge in [0, 0.05) is 6.54 Å². The molecule has 0 aromatic carbocycles. The van der Waals surface area contributed by atoms with Gasteiger partial charge in [-0.05, 0) is 31.3 Å². The van der Waals surface area contributed by atoms with E-state index in [4.69, 9.17) is 4.74 Å². The van der Waals surface area contributed by atoms with Crippen molar-refractivity contribution in [3.05, 3.63) is 12.2 Å². The molecule has 1 saturated carbocycles. The zero-order valence-electron chi connectivity index (χ0n) is 12.0. The molecular formula is C14H22N2O4S. The maximum absolute atomic E-state index is 10.2. The van der Waals surface area contributed by atoms with Crippen LogP contribution in [0.4, 0.5) is 0 Å². The summed E-state index contributed by atoms with van der Waals surface area (Å²) in [5.74, 6) is 0.727. The minimum absolute atomic E-state index is 0.385. The van der Waals surface area contributed by atoms with Gasteiger partial charge in [0.1, 0.15) is 35.9 Å². The average molecular weight is 314 g/mol. The third-order valence-corrected chi connectivity index (χ3v) is 5.25. The number of ether oxygens (including phenoxy) is 1. The van der Waals surface area contributed by atoms with Gasteiger partial charge in [0.05, 0.1) is 0 Å². The maximum Gasteiger partial charge on any atom is 0.159 e. The molecule has 2 heterocycles. The number of nitrogens with one attached hydrogen (secondary N) is 1. The number of hydrogen-bond acceptors (Lipinski definition) is 7. The van der Waals surface area contributed by atoms with Crippen LogP contribution in [0.2, 0.25) is 0 Å². The van der Waals surface area contributed by atoms with E-state index in [0.717, 1.165) is 17.6 Å². The molecule has 6 atom stereocenters. The largest absolute Gasteiger partial charge is 0.388 e. The summed E-state index contributed by atoms with van der Waals surface area (Å²) in [5, 5.41) is 34.4. The minimum Gasteiger partial charge on any atom is -0.388 e. The molecule has 0 bridgehead atoms. The van der Waals surface area contributed by atoms with Gasteiger partial charge in [-0.3, -0.25) is 4.99 Å². The van der Waals surface area contributed by atoms with Crippen LogP contribution in [0.3, 0.4) is 0 Å². The lowest BCUT2D eigenvalue weighted by atomic mass is 9.92. The van der Waals surface area contributed by atoms with Crippen molar-refractivity contribution >= 4 is 16.9 Å². The van der Waals surface area contributed by atoms with Crippen molar-refractivity contribution in [1.29, 1.82) is 0 Å². The van der Waals surface area contributed by atoms with Crippen molar-refractivity contribution in [2.45, 2.75) is 55.7 Å². The van der Waals surface area contributed by atoms with Crippen LogP contribution in [0, 0.1) is 5.92 Å². The van der Waals surface area contributed by atoms with E-state index in [1.54, 1.807) is 6.92 Å². The Morgan fingerprint density at radius 3 is 2.81 bits per heavy atom. The second-order valence-corrected chi connectivity index (χ2v) is 7.20. The monoisotopic (exact) mass is 314 g/mol. The molecule has 0 aromatic heterocycles. The highest BCUT2D eigenvalue weighted by molar-refractivity contribution is 8.14. The number of thioether (sulfide) groups is 1. The van der Waals surface area contributed by atoms with E-state index in [9.17, 15) is 15.3 Å². The Kier molecular flexibility index (Phi) is 4.29. The van der Waals surface area contributed by atoms with Gasteiger partial charge in [0.2, 0.25) is 0 Å². The van der Waals surface area contributed by atoms with Gasteiger partial charge in [-0.2, -0.15) is 0 Å². The first-order chi connectivity index (χ1) is 9.97. The van der Waals surface area contributed by atoms with Crippen LogP contribution < -0.4 is 5.32 Å². The quantitative estimate of drug-likeness (QED) is 0.539. The van der Waals surface area contributed by atoms with Crippen LogP contribution in [0.5, 0.6) is 0 Å². The second kappa shape index (κ2) is 5.89. The Morgan fingerprint density at radius 2 is 2.19 bits per heavy atom. The molecule has 0 spiro atoms. The van der Waals surface area contributed by atoms with Crippen molar-refractivity contribution in [3.8, 4) is 0 Å². The van der Waals surface area contributed by atoms with E-state index in [1.165, 1.54) is 24.6 Å². The highest BCUT2D eigenvalue weighted by Gasteiger charge is 2.50. The SMILES string of the molecule is C=C(C)[C@@H](O)[C@H]1O[C@@H]2SC(NCC3CC3)=N[C@@H]2[C@@H](O)[C@@H]1O. The standard InChI is InChI=1S/C14H22N2O4S/c1-6(2)9(17)12-11(19)10(18)8-13(20-12)21-14(16-8)15-5-7-3-4-7/h7-13,17-19H,1,3-5H2,2H3,(H,15,16)/t8-,9-,10-,11+,12-,13-/m1/s1. The fourth-order valence-electron chi connectivity index (χ4n) is 2.57. The molecule has 7 heteroatoms. The van der Waals surface area contributed by atoms with Gasteiger partial charge in [-0.1, -0.05) is 18.3 Å². The summed E-state index contributed by atoms with van der Waals surface area (Å²) < 4.78 is 5.76. The zero-order valence-corrected chi connectivity index (χ0v) is 12.8. The third kappa shape index (κ3) is 3.12. The molecule has 118 valence electrons. The first-order valence-electron chi connectivity index (χ1n) is 7.30. The summed E-state index contributed by atoms with van der Waals surface area (Å²) in [7, 11) is 0. The van der Waals surface area contributed by atoms with Crippen molar-refractivity contribution in [3.63, 3.8) is 0 Å². The van der Waals surface area contributed by atoms with Crippen LogP contribution >= 0.6 is 11.8 Å². The molecule has 0 unspecified atom stereocenters. The Hall–Kier alpha value is -0.600. The van der Waals surface area contributed by atoms with Crippen molar-refractivity contribution in [2.75, 3.05) is 6.54 Å². The lowest BCUT2D eigenvalue weighted by Crippen LogP contribution is -2.58. The van der Waals surface area contributed by atoms with Crippen LogP contribution in [-0.4, -0.2) is 62.9 Å². The van der Waals surface area contributed by atoms with Gasteiger partial charge in [-0.15, -0.1) is 0 Å². The first kappa shape index (κ1) is 15.3. The molecule has 3 rings (SSSR count). The van der Waals surface area contributed by atoms with Crippen LogP contribution in [0.15, 0.2) is 17.1 Å². The van der Waals surface area contributed by atoms with Crippen molar-refractivity contribution < 1.29 is 20.1 Å². The molecule has 2 aliphatic heterocycles. The molecule has 6 nitrogen and oxygen atoms in total. The van der Waals surface area contributed by atoms with E-state index in [2.05, 4.69) is 16.9 Å². The van der Waals surface area contributed by atoms with E-state index >= 15 is 0 Å². The summed E-state index contributed by atoms with van der Waals surface area (Å²) in [6, 6.07) is -0.500. The lowest BCUT2D eigenvalue weighted by Gasteiger charge is -2.40. The fraction of sp³-hybridized carbons (Fsp3) is 0.786. The molecule has 2 fully saturated rings. The summed E-state index contributed by atoms with van der Waals surface area (Å²) in [6.45, 7) is 6.23. The molecule has 0 amide bonds. The predicted molar refractivity (Wildman–Crippen MR) is 81.0 cm³/mol. The zero-order chi connectivity index (χ0) is 15.1. The van der Waals surface area contributed by atoms with Gasteiger partial charge < -0.3 is 25.4 Å². The topological polar surface area (TPSA) is 94.3 Å². The van der Waals surface area contributed by atoms with Gasteiger partial charge in [-0.25, -0.2) is 0 Å². The van der Waals surface area contributed by atoms with E-state index in [-0.39, 0.29) is 5.44 Å². The van der Waals surface area contributed by atoms with E-state index in [1.807, 2.05) is 0 Å². The third-order valence-electron chi connectivity index (χ3n) is 4.16. The molecular weight excluding hydrogens is 292 g/mol. The highest BCUT2D eigenvalue weighted by atomic mass is 32.2. The van der Waals surface area contributed by atoms with Crippen LogP contribution in [0.1, 0.15) is 19.8 Å². The van der Waals surface area contributed by atoms with Crippen molar-refractivity contribution in [1.82, 2.24) is 5.32 Å². The number of rotatable bonds is 4. The summed E-state index contributed by atoms with van der Waals surface area (Å²) >= 11 is 1.41. The number of aliphatic hydroxyl groups is 3. The van der Waals surface area contributed by atoms with Crippen molar-refractivity contribution in [2.24, 2.45) is 10.9 Å². The molecule has 1 saturated heterocycles. The normalized spacial score (nSPS) is 40.4. The fourth-order valence-corrected chi connectivity index (χ4v) is 3.68. The van der Waals surface area contributed by atoms with E-state index in [0.29, 0.717) is 5.57 Å². The summed E-state index contributed by atoms with van der Waals surface area (Å²) in [4.78, 5) is 4.41. The Morgan fingerprint density at radius 1 is 1.48 bits per heavy atom. The number of amidine groups is 1. The maximum atomic E-state index is 10.2.